The summed E-state index contributed by atoms with van der Waals surface area (Å²) in [4.78, 5) is 40.8. The molecule has 8 nitrogen and oxygen atoms in total. The zero-order valence-corrected chi connectivity index (χ0v) is 16.4. The maximum Gasteiger partial charge on any atom is 0.352 e. The van der Waals surface area contributed by atoms with Gasteiger partial charge in [0.05, 0.1) is 0 Å². The minimum absolute atomic E-state index is 0.127. The molecule has 0 spiro atoms. The van der Waals surface area contributed by atoms with Crippen molar-refractivity contribution in [1.29, 1.82) is 0 Å². The number of β-lactam (4-membered cyclic amide) rings is 1. The number of carbonyl (C=O) groups is 3. The molecule has 1 saturated heterocycles. The van der Waals surface area contributed by atoms with Gasteiger partial charge in [-0.1, -0.05) is 0 Å². The molecule has 2 heterocycles. The van der Waals surface area contributed by atoms with Crippen LogP contribution in [0.5, 0.6) is 5.75 Å². The lowest BCUT2D eigenvalue weighted by molar-refractivity contribution is -0.148. The number of carbonyl (C=O) groups excluding carboxylic acids is 2. The lowest BCUT2D eigenvalue weighted by Crippen LogP contribution is -2.64. The fourth-order valence-corrected chi connectivity index (χ4v) is 4.52. The summed E-state index contributed by atoms with van der Waals surface area (Å²) in [6, 6.07) is 2.85. The number of aliphatic carboxylic acids is 1. The molecule has 1 amide bonds. The van der Waals surface area contributed by atoms with Crippen LogP contribution in [0.25, 0.3) is 0 Å². The van der Waals surface area contributed by atoms with Gasteiger partial charge in [-0.3, -0.25) is 19.5 Å². The molecule has 1 fully saturated rings. The average Bonchev–Trinajstić information content (AvgIpc) is 2.63. The van der Waals surface area contributed by atoms with Crippen LogP contribution in [0.2, 0.25) is 0 Å². The van der Waals surface area contributed by atoms with Crippen molar-refractivity contribution in [2.75, 3.05) is 12.4 Å². The van der Waals surface area contributed by atoms with Crippen LogP contribution in [0.15, 0.2) is 28.4 Å². The van der Waals surface area contributed by atoms with Crippen LogP contribution in [0.4, 0.5) is 0 Å². The summed E-state index contributed by atoms with van der Waals surface area (Å²) < 4.78 is 4.91. The molecule has 0 aliphatic carbocycles. The van der Waals surface area contributed by atoms with E-state index < -0.39 is 29.3 Å². The number of amides is 1. The van der Waals surface area contributed by atoms with E-state index in [9.17, 15) is 24.6 Å². The first-order valence-corrected chi connectivity index (χ1v) is 9.62. The molecule has 3 rings (SSSR count). The number of nitrogens with zero attached hydrogens (tertiary/aromatic N) is 2. The summed E-state index contributed by atoms with van der Waals surface area (Å²) in [5.74, 6) is -1.58. The average molecular weight is 404 g/mol. The van der Waals surface area contributed by atoms with E-state index in [0.717, 1.165) is 5.56 Å². The van der Waals surface area contributed by atoms with E-state index in [2.05, 4.69) is 4.99 Å². The summed E-state index contributed by atoms with van der Waals surface area (Å²) in [7, 11) is 0. The third-order valence-electron chi connectivity index (χ3n) is 4.57. The van der Waals surface area contributed by atoms with E-state index in [0.29, 0.717) is 22.5 Å². The second-order valence-electron chi connectivity index (χ2n) is 6.67. The van der Waals surface area contributed by atoms with Gasteiger partial charge in [-0.25, -0.2) is 4.79 Å². The minimum atomic E-state index is -1.23. The number of ether oxygens (including phenoxy) is 1. The molecule has 2 N–H and O–H groups in total. The van der Waals surface area contributed by atoms with Crippen LogP contribution >= 0.6 is 11.8 Å². The summed E-state index contributed by atoms with van der Waals surface area (Å²) in [5, 5.41) is 19.0. The van der Waals surface area contributed by atoms with E-state index in [4.69, 9.17) is 4.74 Å². The van der Waals surface area contributed by atoms with E-state index >= 15 is 0 Å². The summed E-state index contributed by atoms with van der Waals surface area (Å²) in [5.41, 5.74) is 2.44. The van der Waals surface area contributed by atoms with E-state index in [1.54, 1.807) is 32.2 Å². The normalized spacial score (nSPS) is 21.5. The first-order valence-electron chi connectivity index (χ1n) is 8.57. The van der Waals surface area contributed by atoms with Crippen molar-refractivity contribution in [2.24, 2.45) is 4.99 Å². The number of aromatic hydroxyl groups is 1. The third kappa shape index (κ3) is 3.62. The molecule has 1 aromatic carbocycles. The Balaban J connectivity index is 1.80. The van der Waals surface area contributed by atoms with Crippen LogP contribution in [0, 0.1) is 13.8 Å². The Morgan fingerprint density at radius 1 is 1.36 bits per heavy atom. The van der Waals surface area contributed by atoms with E-state index in [1.807, 2.05) is 0 Å². The van der Waals surface area contributed by atoms with Crippen LogP contribution in [0.3, 0.4) is 0 Å². The second-order valence-corrected chi connectivity index (χ2v) is 7.78. The van der Waals surface area contributed by atoms with Gasteiger partial charge in [0.2, 0.25) is 0 Å². The van der Waals surface area contributed by atoms with Crippen LogP contribution in [0.1, 0.15) is 23.6 Å². The second kappa shape index (κ2) is 7.67. The van der Waals surface area contributed by atoms with Crippen molar-refractivity contribution >= 4 is 35.8 Å². The number of thioether (sulfide) groups is 1. The number of hydrogen-bond acceptors (Lipinski definition) is 7. The smallest absolute Gasteiger partial charge is 0.352 e. The van der Waals surface area contributed by atoms with Crippen molar-refractivity contribution < 1.29 is 29.3 Å². The van der Waals surface area contributed by atoms with Gasteiger partial charge in [-0.2, -0.15) is 0 Å². The SMILES string of the molecule is CC(=O)OCC1=C(C(=O)O)N2C(=O)[C@@H](/N=C/c3cc(C)c(O)c(C)c3)[C@H]2SC1. The van der Waals surface area contributed by atoms with Gasteiger partial charge >= 0.3 is 11.9 Å². The highest BCUT2D eigenvalue weighted by molar-refractivity contribution is 8.00. The Labute approximate surface area is 165 Å². The Hall–Kier alpha value is -2.81. The van der Waals surface area contributed by atoms with Crippen LogP contribution in [-0.4, -0.2) is 62.9 Å². The maximum absolute atomic E-state index is 12.6. The fraction of sp³-hybridized carbons (Fsp3) is 0.368. The number of carboxylic acids is 1. The topological polar surface area (TPSA) is 116 Å². The number of rotatable bonds is 5. The Kier molecular flexibility index (Phi) is 5.46. The molecule has 2 atom stereocenters. The molecule has 28 heavy (non-hydrogen) atoms. The van der Waals surface area contributed by atoms with Crippen molar-refractivity contribution in [1.82, 2.24) is 4.90 Å². The Morgan fingerprint density at radius 2 is 2.00 bits per heavy atom. The lowest BCUT2D eigenvalue weighted by Gasteiger charge is -2.47. The predicted octanol–water partition coefficient (Wildman–Crippen LogP) is 1.61. The molecule has 2 aliphatic heterocycles. The number of aryl methyl sites for hydroxylation is 2. The lowest BCUT2D eigenvalue weighted by atomic mass is 10.0. The van der Waals surface area contributed by atoms with Crippen molar-refractivity contribution in [2.45, 2.75) is 32.2 Å². The zero-order valence-electron chi connectivity index (χ0n) is 15.6. The number of aliphatic imine (C=N–C) groups is 1. The summed E-state index contributed by atoms with van der Waals surface area (Å²) >= 11 is 1.39. The molecule has 9 heteroatoms. The predicted molar refractivity (Wildman–Crippen MR) is 103 cm³/mol. The van der Waals surface area contributed by atoms with Gasteiger partial charge in [-0.05, 0) is 42.7 Å². The Morgan fingerprint density at radius 3 is 2.57 bits per heavy atom. The number of phenolic OH excluding ortho intramolecular Hbond substituents is 1. The standard InChI is InChI=1S/C19H20N2O6S/c1-9-4-12(5-10(2)16(9)23)6-20-14-17(24)21-15(19(25)26)13(7-27-11(3)22)8-28-18(14)21/h4-6,14,18,23H,7-8H2,1-3H3,(H,25,26)/b20-6+/t14-,18-/m1/s1. The van der Waals surface area contributed by atoms with Gasteiger partial charge in [0.1, 0.15) is 23.4 Å². The minimum Gasteiger partial charge on any atom is -0.507 e. The third-order valence-corrected chi connectivity index (χ3v) is 5.89. The van der Waals surface area contributed by atoms with Gasteiger partial charge in [0, 0.05) is 24.5 Å². The quantitative estimate of drug-likeness (QED) is 0.435. The summed E-state index contributed by atoms with van der Waals surface area (Å²) in [6.07, 6.45) is 1.57. The van der Waals surface area contributed by atoms with Crippen molar-refractivity contribution in [3.8, 4) is 5.75 Å². The van der Waals surface area contributed by atoms with E-state index in [1.165, 1.54) is 23.6 Å². The number of benzene rings is 1. The number of esters is 1. The fourth-order valence-electron chi connectivity index (χ4n) is 3.20. The van der Waals surface area contributed by atoms with Crippen LogP contribution < -0.4 is 0 Å². The maximum atomic E-state index is 12.6. The largest absolute Gasteiger partial charge is 0.507 e. The molecule has 0 saturated carbocycles. The van der Waals surface area contributed by atoms with Gasteiger partial charge in [0.25, 0.3) is 5.91 Å². The molecule has 0 unspecified atom stereocenters. The molecule has 0 bridgehead atoms. The zero-order chi connectivity index (χ0) is 20.6. The molecular weight excluding hydrogens is 384 g/mol. The first-order chi connectivity index (χ1) is 13.2. The summed E-state index contributed by atoms with van der Waals surface area (Å²) in [6.45, 7) is 4.65. The molecular formula is C19H20N2O6S. The number of phenols is 1. The highest BCUT2D eigenvalue weighted by Gasteiger charge is 2.53. The molecule has 148 valence electrons. The highest BCUT2D eigenvalue weighted by Crippen LogP contribution is 2.41. The monoisotopic (exact) mass is 404 g/mol. The highest BCUT2D eigenvalue weighted by atomic mass is 32.2. The number of hydrogen-bond donors (Lipinski definition) is 2. The first kappa shape index (κ1) is 19.9. The van der Waals surface area contributed by atoms with E-state index in [-0.39, 0.29) is 18.1 Å². The number of fused-ring (bicyclic) bond motifs is 1. The molecule has 0 radical (unpaired) electrons. The molecule has 0 aromatic heterocycles. The van der Waals surface area contributed by atoms with Gasteiger partial charge < -0.3 is 14.9 Å². The van der Waals surface area contributed by atoms with Gasteiger partial charge in [-0.15, -0.1) is 11.8 Å². The molecule has 2 aliphatic rings. The number of carboxylic acid groups (broad SMARTS) is 1. The molecule has 1 aromatic rings. The van der Waals surface area contributed by atoms with Gasteiger partial charge in [0.15, 0.2) is 6.04 Å². The van der Waals surface area contributed by atoms with Crippen molar-refractivity contribution in [3.63, 3.8) is 0 Å². The Bertz CT molecular complexity index is 900. The van der Waals surface area contributed by atoms with Crippen LogP contribution in [-0.2, 0) is 19.1 Å². The van der Waals surface area contributed by atoms with Crippen molar-refractivity contribution in [3.05, 3.63) is 40.1 Å².